The topological polar surface area (TPSA) is 93.9 Å². The van der Waals surface area contributed by atoms with E-state index in [-0.39, 0.29) is 24.9 Å². The van der Waals surface area contributed by atoms with Crippen molar-refractivity contribution in [1.82, 2.24) is 5.32 Å². The highest BCUT2D eigenvalue weighted by Crippen LogP contribution is 2.48. The Morgan fingerprint density at radius 2 is 1.88 bits per heavy atom. The molecule has 1 aliphatic heterocycles. The van der Waals surface area contributed by atoms with Crippen LogP contribution in [0.3, 0.4) is 0 Å². The van der Waals surface area contributed by atoms with Crippen molar-refractivity contribution in [3.05, 3.63) is 39.6 Å². The van der Waals surface area contributed by atoms with Gasteiger partial charge in [0, 0.05) is 25.4 Å². The number of carbonyl (C=O) groups excluding carboxylic acids is 1. The molecule has 2 fully saturated rings. The van der Waals surface area contributed by atoms with Gasteiger partial charge in [-0.15, -0.1) is 0 Å². The third kappa shape index (κ3) is 6.54. The standard InChI is InChI=1S/C23H30F3N3O5/c1-22(2,3)34-21(30)27-13-15-7-6-12-28(14-15)20-17(29(31)32)10-11-18(19(20)23(24,25)26)33-16-8-4-5-9-16/h10-11,13,16H,4-9,12,14H2,1-3H3,(H,27,30)/b15-13-. The van der Waals surface area contributed by atoms with E-state index in [1.54, 1.807) is 20.8 Å². The minimum Gasteiger partial charge on any atom is -0.490 e. The number of piperidine rings is 1. The average Bonchev–Trinajstić information content (AvgIpc) is 3.23. The summed E-state index contributed by atoms with van der Waals surface area (Å²) in [5.74, 6) is -0.386. The second-order valence-corrected chi connectivity index (χ2v) is 9.56. The lowest BCUT2D eigenvalue weighted by Gasteiger charge is -2.33. The van der Waals surface area contributed by atoms with E-state index < -0.39 is 39.7 Å². The zero-order valence-electron chi connectivity index (χ0n) is 19.5. The number of carbonyl (C=O) groups is 1. The molecule has 1 saturated heterocycles. The molecule has 0 radical (unpaired) electrons. The number of hydrogen-bond donors (Lipinski definition) is 1. The monoisotopic (exact) mass is 485 g/mol. The van der Waals surface area contributed by atoms with E-state index in [4.69, 9.17) is 9.47 Å². The Bertz CT molecular complexity index is 950. The van der Waals surface area contributed by atoms with E-state index >= 15 is 0 Å². The molecule has 1 N–H and O–H groups in total. The van der Waals surface area contributed by atoms with E-state index in [9.17, 15) is 28.1 Å². The molecule has 2 aliphatic rings. The molecule has 0 unspecified atom stereocenters. The molecule has 0 aromatic heterocycles. The van der Waals surface area contributed by atoms with Gasteiger partial charge in [0.25, 0.3) is 5.69 Å². The maximum atomic E-state index is 14.3. The number of halogens is 3. The number of alkyl halides is 3. The highest BCUT2D eigenvalue weighted by atomic mass is 19.4. The summed E-state index contributed by atoms with van der Waals surface area (Å²) in [6.45, 7) is 5.31. The van der Waals surface area contributed by atoms with Crippen LogP contribution in [-0.2, 0) is 10.9 Å². The van der Waals surface area contributed by atoms with E-state index in [0.717, 1.165) is 25.0 Å². The van der Waals surface area contributed by atoms with Crippen LogP contribution in [0.2, 0.25) is 0 Å². The smallest absolute Gasteiger partial charge is 0.422 e. The van der Waals surface area contributed by atoms with Gasteiger partial charge in [0.2, 0.25) is 0 Å². The summed E-state index contributed by atoms with van der Waals surface area (Å²) < 4.78 is 53.7. The number of benzene rings is 1. The van der Waals surface area contributed by atoms with Crippen LogP contribution in [0.5, 0.6) is 5.75 Å². The van der Waals surface area contributed by atoms with Gasteiger partial charge in [0.15, 0.2) is 0 Å². The lowest BCUT2D eigenvalue weighted by atomic mass is 10.0. The Labute approximate surface area is 196 Å². The first-order chi connectivity index (χ1) is 15.8. The molecule has 11 heteroatoms. The summed E-state index contributed by atoms with van der Waals surface area (Å²) >= 11 is 0. The van der Waals surface area contributed by atoms with Crippen molar-refractivity contribution in [1.29, 1.82) is 0 Å². The number of nitrogens with one attached hydrogen (secondary N) is 1. The zero-order valence-corrected chi connectivity index (χ0v) is 19.5. The van der Waals surface area contributed by atoms with Gasteiger partial charge in [-0.3, -0.25) is 15.4 Å². The number of nitro groups is 1. The average molecular weight is 486 g/mol. The summed E-state index contributed by atoms with van der Waals surface area (Å²) in [6.07, 6.45) is -0.454. The SMILES string of the molecule is CC(C)(C)OC(=O)N/C=C1/CCCN(c2c([N+](=O)[O-])ccc(OC3CCCC3)c2C(F)(F)F)C1. The molecule has 1 heterocycles. The molecule has 1 aromatic rings. The van der Waals surface area contributed by atoms with Crippen LogP contribution in [-0.4, -0.2) is 35.8 Å². The molecule has 34 heavy (non-hydrogen) atoms. The van der Waals surface area contributed by atoms with Gasteiger partial charge < -0.3 is 14.4 Å². The maximum absolute atomic E-state index is 14.3. The number of anilines is 1. The van der Waals surface area contributed by atoms with Gasteiger partial charge in [-0.2, -0.15) is 13.2 Å². The van der Waals surface area contributed by atoms with Gasteiger partial charge >= 0.3 is 12.3 Å². The van der Waals surface area contributed by atoms with Crippen LogP contribution in [0.25, 0.3) is 0 Å². The van der Waals surface area contributed by atoms with Crippen molar-refractivity contribution in [3.8, 4) is 5.75 Å². The third-order valence-electron chi connectivity index (χ3n) is 5.62. The van der Waals surface area contributed by atoms with Crippen molar-refractivity contribution >= 4 is 17.5 Å². The molecule has 1 amide bonds. The lowest BCUT2D eigenvalue weighted by Crippen LogP contribution is -2.35. The first kappa shape index (κ1) is 25.6. The highest BCUT2D eigenvalue weighted by molar-refractivity contribution is 5.73. The van der Waals surface area contributed by atoms with Crippen LogP contribution in [0.1, 0.15) is 64.9 Å². The van der Waals surface area contributed by atoms with Crippen molar-refractivity contribution < 1.29 is 32.4 Å². The normalized spacial score (nSPS) is 18.8. The van der Waals surface area contributed by atoms with Crippen LogP contribution in [0.4, 0.5) is 29.3 Å². The number of rotatable bonds is 5. The first-order valence-electron chi connectivity index (χ1n) is 11.3. The largest absolute Gasteiger partial charge is 0.490 e. The molecular formula is C23H30F3N3O5. The molecule has 188 valence electrons. The summed E-state index contributed by atoms with van der Waals surface area (Å²) in [5, 5.41) is 14.2. The molecule has 1 aliphatic carbocycles. The molecular weight excluding hydrogens is 455 g/mol. The first-order valence-corrected chi connectivity index (χ1v) is 11.3. The van der Waals surface area contributed by atoms with Crippen molar-refractivity contribution in [2.24, 2.45) is 0 Å². The molecule has 0 atom stereocenters. The molecule has 3 rings (SSSR count). The molecule has 0 spiro atoms. The second-order valence-electron chi connectivity index (χ2n) is 9.56. The van der Waals surface area contributed by atoms with Gasteiger partial charge in [-0.25, -0.2) is 4.79 Å². The van der Waals surface area contributed by atoms with E-state index in [0.29, 0.717) is 31.3 Å². The fourth-order valence-corrected chi connectivity index (χ4v) is 4.26. The fraction of sp³-hybridized carbons (Fsp3) is 0.609. The lowest BCUT2D eigenvalue weighted by molar-refractivity contribution is -0.384. The number of amides is 1. The summed E-state index contributed by atoms with van der Waals surface area (Å²) in [4.78, 5) is 24.2. The van der Waals surface area contributed by atoms with Gasteiger partial charge in [-0.1, -0.05) is 0 Å². The predicted molar refractivity (Wildman–Crippen MR) is 120 cm³/mol. The van der Waals surface area contributed by atoms with Crippen LogP contribution in [0, 0.1) is 10.1 Å². The Morgan fingerprint density at radius 3 is 2.47 bits per heavy atom. The third-order valence-corrected chi connectivity index (χ3v) is 5.62. The number of alkyl carbamates (subject to hydrolysis) is 1. The van der Waals surface area contributed by atoms with E-state index in [2.05, 4.69) is 5.32 Å². The Hall–Kier alpha value is -2.98. The van der Waals surface area contributed by atoms with Gasteiger partial charge in [-0.05, 0) is 70.9 Å². The summed E-state index contributed by atoms with van der Waals surface area (Å²) in [7, 11) is 0. The van der Waals surface area contributed by atoms with Crippen LogP contribution in [0.15, 0.2) is 23.9 Å². The number of nitrogens with zero attached hydrogens (tertiary/aromatic N) is 2. The number of ether oxygens (including phenoxy) is 2. The Kier molecular flexibility index (Phi) is 7.62. The van der Waals surface area contributed by atoms with Crippen molar-refractivity contribution in [2.75, 3.05) is 18.0 Å². The van der Waals surface area contributed by atoms with Crippen molar-refractivity contribution in [2.45, 2.75) is 77.2 Å². The minimum atomic E-state index is -4.86. The predicted octanol–water partition coefficient (Wildman–Crippen LogP) is 5.94. The second kappa shape index (κ2) is 10.1. The van der Waals surface area contributed by atoms with E-state index in [1.807, 2.05) is 0 Å². The Balaban J connectivity index is 1.95. The van der Waals surface area contributed by atoms with Crippen LogP contribution < -0.4 is 15.0 Å². The van der Waals surface area contributed by atoms with Gasteiger partial charge in [0.05, 0.1) is 11.0 Å². The highest BCUT2D eigenvalue weighted by Gasteiger charge is 2.43. The Morgan fingerprint density at radius 1 is 1.21 bits per heavy atom. The summed E-state index contributed by atoms with van der Waals surface area (Å²) in [6, 6.07) is 2.12. The van der Waals surface area contributed by atoms with Crippen molar-refractivity contribution in [3.63, 3.8) is 0 Å². The fourth-order valence-electron chi connectivity index (χ4n) is 4.26. The summed E-state index contributed by atoms with van der Waals surface area (Å²) in [5.41, 5.74) is -2.34. The quantitative estimate of drug-likeness (QED) is 0.410. The molecule has 1 aromatic carbocycles. The molecule has 0 bridgehead atoms. The molecule has 1 saturated carbocycles. The van der Waals surface area contributed by atoms with E-state index in [1.165, 1.54) is 11.1 Å². The van der Waals surface area contributed by atoms with Crippen LogP contribution >= 0.6 is 0 Å². The zero-order chi connectivity index (χ0) is 25.1. The maximum Gasteiger partial charge on any atom is 0.422 e. The number of nitro benzene ring substituents is 1. The minimum absolute atomic E-state index is 0.00734. The number of hydrogen-bond acceptors (Lipinski definition) is 6. The molecule has 8 nitrogen and oxygen atoms in total. The van der Waals surface area contributed by atoms with Gasteiger partial charge in [0.1, 0.15) is 22.6 Å².